The van der Waals surface area contributed by atoms with Crippen molar-refractivity contribution in [3.05, 3.63) is 35.4 Å². The van der Waals surface area contributed by atoms with Crippen LogP contribution in [0.1, 0.15) is 36.2 Å². The van der Waals surface area contributed by atoms with E-state index in [1.54, 1.807) is 19.2 Å². The smallest absolute Gasteiger partial charge is 0.251 e. The van der Waals surface area contributed by atoms with Crippen molar-refractivity contribution in [1.29, 1.82) is 0 Å². The van der Waals surface area contributed by atoms with E-state index in [1.807, 2.05) is 12.1 Å². The topological polar surface area (TPSA) is 84.2 Å². The lowest BCUT2D eigenvalue weighted by Gasteiger charge is -2.16. The van der Waals surface area contributed by atoms with Crippen LogP contribution in [0.25, 0.3) is 0 Å². The van der Waals surface area contributed by atoms with Gasteiger partial charge in [-0.15, -0.1) is 0 Å². The maximum atomic E-state index is 12.0. The van der Waals surface area contributed by atoms with Crippen molar-refractivity contribution in [2.75, 3.05) is 13.6 Å². The molecule has 0 saturated carbocycles. The molecule has 0 aromatic heterocycles. The first-order valence-corrected chi connectivity index (χ1v) is 7.26. The molecular formula is C16H25N3O2. The Morgan fingerprint density at radius 2 is 1.81 bits per heavy atom. The molecule has 0 spiro atoms. The maximum absolute atomic E-state index is 12.0. The van der Waals surface area contributed by atoms with E-state index < -0.39 is 0 Å². The average molecular weight is 291 g/mol. The summed E-state index contributed by atoms with van der Waals surface area (Å²) in [6, 6.07) is 7.17. The summed E-state index contributed by atoms with van der Waals surface area (Å²) < 4.78 is 0. The lowest BCUT2D eigenvalue weighted by atomic mass is 9.96. The van der Waals surface area contributed by atoms with Crippen LogP contribution in [0.3, 0.4) is 0 Å². The van der Waals surface area contributed by atoms with E-state index in [0.717, 1.165) is 12.0 Å². The van der Waals surface area contributed by atoms with Crippen LogP contribution in [0.15, 0.2) is 24.3 Å². The first-order valence-electron chi connectivity index (χ1n) is 7.26. The Morgan fingerprint density at radius 1 is 1.19 bits per heavy atom. The molecule has 0 saturated heterocycles. The van der Waals surface area contributed by atoms with Crippen molar-refractivity contribution in [3.63, 3.8) is 0 Å². The molecule has 2 amide bonds. The number of hydrogen-bond donors (Lipinski definition) is 3. The summed E-state index contributed by atoms with van der Waals surface area (Å²) in [5.41, 5.74) is 7.21. The van der Waals surface area contributed by atoms with Gasteiger partial charge in [-0.2, -0.15) is 0 Å². The fourth-order valence-electron chi connectivity index (χ4n) is 2.13. The van der Waals surface area contributed by atoms with Gasteiger partial charge in [-0.05, 0) is 30.0 Å². The second-order valence-electron chi connectivity index (χ2n) is 5.56. The van der Waals surface area contributed by atoms with Crippen molar-refractivity contribution in [3.8, 4) is 0 Å². The first-order chi connectivity index (χ1) is 9.97. The number of amides is 2. The molecule has 116 valence electrons. The van der Waals surface area contributed by atoms with Crippen LogP contribution < -0.4 is 16.4 Å². The summed E-state index contributed by atoms with van der Waals surface area (Å²) in [4.78, 5) is 23.5. The molecule has 0 aliphatic rings. The van der Waals surface area contributed by atoms with Crippen LogP contribution in [-0.2, 0) is 11.3 Å². The summed E-state index contributed by atoms with van der Waals surface area (Å²) in [5, 5.41) is 5.47. The maximum Gasteiger partial charge on any atom is 0.251 e. The van der Waals surface area contributed by atoms with Crippen LogP contribution >= 0.6 is 0 Å². The van der Waals surface area contributed by atoms with Crippen LogP contribution in [-0.4, -0.2) is 25.4 Å². The Morgan fingerprint density at radius 3 is 2.29 bits per heavy atom. The molecular weight excluding hydrogens is 266 g/mol. The standard InChI is InChI=1S/C16H25N3O2/c1-11(2)8-14(9-17)16(21)19-10-12-4-6-13(7-5-12)15(20)18-3/h4-7,11,14H,8-10,17H2,1-3H3,(H,18,20)(H,19,21). The molecule has 21 heavy (non-hydrogen) atoms. The van der Waals surface area contributed by atoms with Gasteiger partial charge < -0.3 is 16.4 Å². The quantitative estimate of drug-likeness (QED) is 0.707. The Hall–Kier alpha value is -1.88. The van der Waals surface area contributed by atoms with Gasteiger partial charge in [-0.1, -0.05) is 26.0 Å². The highest BCUT2D eigenvalue weighted by atomic mass is 16.2. The molecule has 0 bridgehead atoms. The van der Waals surface area contributed by atoms with Gasteiger partial charge in [0.1, 0.15) is 0 Å². The molecule has 0 aliphatic heterocycles. The molecule has 1 atom stereocenters. The number of carbonyl (C=O) groups excluding carboxylic acids is 2. The number of hydrogen-bond acceptors (Lipinski definition) is 3. The Balaban J connectivity index is 2.54. The van der Waals surface area contributed by atoms with E-state index in [4.69, 9.17) is 5.73 Å². The van der Waals surface area contributed by atoms with Gasteiger partial charge in [0.15, 0.2) is 0 Å². The van der Waals surface area contributed by atoms with Crippen LogP contribution in [0, 0.1) is 11.8 Å². The van der Waals surface area contributed by atoms with Crippen molar-refractivity contribution < 1.29 is 9.59 Å². The average Bonchev–Trinajstić information content (AvgIpc) is 2.49. The highest BCUT2D eigenvalue weighted by molar-refractivity contribution is 5.93. The molecule has 4 N–H and O–H groups in total. The number of rotatable bonds is 7. The van der Waals surface area contributed by atoms with Crippen LogP contribution in [0.4, 0.5) is 0 Å². The van der Waals surface area contributed by atoms with E-state index in [1.165, 1.54) is 0 Å². The van der Waals surface area contributed by atoms with Crippen molar-refractivity contribution in [1.82, 2.24) is 10.6 Å². The summed E-state index contributed by atoms with van der Waals surface area (Å²) in [6.07, 6.45) is 0.790. The third kappa shape index (κ3) is 5.55. The molecule has 1 aromatic rings. The number of carbonyl (C=O) groups is 2. The van der Waals surface area contributed by atoms with Gasteiger partial charge in [0.05, 0.1) is 5.92 Å². The zero-order chi connectivity index (χ0) is 15.8. The monoisotopic (exact) mass is 291 g/mol. The van der Waals surface area contributed by atoms with Gasteiger partial charge in [0.25, 0.3) is 5.91 Å². The highest BCUT2D eigenvalue weighted by Gasteiger charge is 2.17. The first kappa shape index (κ1) is 17.2. The van der Waals surface area contributed by atoms with Gasteiger partial charge in [-0.3, -0.25) is 9.59 Å². The molecule has 1 aromatic carbocycles. The van der Waals surface area contributed by atoms with Crippen LogP contribution in [0.2, 0.25) is 0 Å². The van der Waals surface area contributed by atoms with E-state index >= 15 is 0 Å². The number of nitrogens with one attached hydrogen (secondary N) is 2. The van der Waals surface area contributed by atoms with Gasteiger partial charge in [0.2, 0.25) is 5.91 Å². The molecule has 5 nitrogen and oxygen atoms in total. The number of nitrogens with two attached hydrogens (primary N) is 1. The van der Waals surface area contributed by atoms with E-state index in [0.29, 0.717) is 24.6 Å². The fourth-order valence-corrected chi connectivity index (χ4v) is 2.13. The Bertz CT molecular complexity index is 469. The van der Waals surface area contributed by atoms with E-state index in [9.17, 15) is 9.59 Å². The number of benzene rings is 1. The second kappa shape index (κ2) is 8.42. The highest BCUT2D eigenvalue weighted by Crippen LogP contribution is 2.11. The van der Waals surface area contributed by atoms with Crippen molar-refractivity contribution >= 4 is 11.8 Å². The summed E-state index contributed by atoms with van der Waals surface area (Å²) in [7, 11) is 1.60. The molecule has 0 fully saturated rings. The van der Waals surface area contributed by atoms with Gasteiger partial charge in [0, 0.05) is 25.7 Å². The fraction of sp³-hybridized carbons (Fsp3) is 0.500. The SMILES string of the molecule is CNC(=O)c1ccc(CNC(=O)C(CN)CC(C)C)cc1. The summed E-state index contributed by atoms with van der Waals surface area (Å²) >= 11 is 0. The Labute approximate surface area is 126 Å². The molecule has 1 rings (SSSR count). The molecule has 0 aliphatic carbocycles. The minimum Gasteiger partial charge on any atom is -0.355 e. The van der Waals surface area contributed by atoms with Gasteiger partial charge in [-0.25, -0.2) is 0 Å². The van der Waals surface area contributed by atoms with Gasteiger partial charge >= 0.3 is 0 Å². The third-order valence-electron chi connectivity index (χ3n) is 3.32. The third-order valence-corrected chi connectivity index (χ3v) is 3.32. The summed E-state index contributed by atoms with van der Waals surface area (Å²) in [6.45, 7) is 4.96. The second-order valence-corrected chi connectivity index (χ2v) is 5.56. The summed E-state index contributed by atoms with van der Waals surface area (Å²) in [5.74, 6) is 0.165. The molecule has 0 heterocycles. The lowest BCUT2D eigenvalue weighted by Crippen LogP contribution is -2.35. The normalized spacial score (nSPS) is 12.0. The van der Waals surface area contributed by atoms with E-state index in [-0.39, 0.29) is 17.7 Å². The Kier molecular flexibility index (Phi) is 6.88. The zero-order valence-electron chi connectivity index (χ0n) is 13.0. The largest absolute Gasteiger partial charge is 0.355 e. The minimum atomic E-state index is -0.143. The molecule has 5 heteroatoms. The zero-order valence-corrected chi connectivity index (χ0v) is 13.0. The van der Waals surface area contributed by atoms with E-state index in [2.05, 4.69) is 24.5 Å². The molecule has 0 radical (unpaired) electrons. The van der Waals surface area contributed by atoms with Crippen molar-refractivity contribution in [2.24, 2.45) is 17.6 Å². The predicted octanol–water partition coefficient (Wildman–Crippen LogP) is 1.28. The predicted molar refractivity (Wildman–Crippen MR) is 83.7 cm³/mol. The minimum absolute atomic E-state index is 0.0124. The van der Waals surface area contributed by atoms with Crippen molar-refractivity contribution in [2.45, 2.75) is 26.8 Å². The lowest BCUT2D eigenvalue weighted by molar-refractivity contribution is -0.125. The molecule has 1 unspecified atom stereocenters. The van der Waals surface area contributed by atoms with Crippen LogP contribution in [0.5, 0.6) is 0 Å².